The fraction of sp³-hybridized carbons (Fsp3) is 0.286. The predicted octanol–water partition coefficient (Wildman–Crippen LogP) is 1.19. The molecule has 0 fully saturated rings. The second-order valence-corrected chi connectivity index (χ2v) is 2.73. The van der Waals surface area contributed by atoms with Gasteiger partial charge >= 0.3 is 5.97 Å². The third-order valence-corrected chi connectivity index (χ3v) is 1.83. The molecule has 0 unspecified atom stereocenters. The van der Waals surface area contributed by atoms with Gasteiger partial charge in [0.2, 0.25) is 0 Å². The van der Waals surface area contributed by atoms with E-state index < -0.39 is 5.97 Å². The molecule has 5 heteroatoms. The molecule has 0 radical (unpaired) electrons. The lowest BCUT2D eigenvalue weighted by Gasteiger charge is -1.95. The molecule has 4 nitrogen and oxygen atoms in total. The number of ether oxygens (including phenoxy) is 1. The van der Waals surface area contributed by atoms with Crippen LogP contribution in [0.15, 0.2) is 5.38 Å². The third-order valence-electron chi connectivity index (χ3n) is 1.08. The average molecular weight is 182 g/mol. The first-order valence-electron chi connectivity index (χ1n) is 3.30. The van der Waals surface area contributed by atoms with Crippen LogP contribution in [0, 0.1) is 11.3 Å². The van der Waals surface area contributed by atoms with Crippen molar-refractivity contribution < 1.29 is 9.53 Å². The molecule has 0 aliphatic heterocycles. The topological polar surface area (TPSA) is 63.0 Å². The monoisotopic (exact) mass is 182 g/mol. The first kappa shape index (κ1) is 8.68. The zero-order valence-corrected chi connectivity index (χ0v) is 7.22. The molecule has 12 heavy (non-hydrogen) atoms. The summed E-state index contributed by atoms with van der Waals surface area (Å²) in [5.74, 6) is -0.477. The van der Waals surface area contributed by atoms with E-state index in [1.165, 1.54) is 5.38 Å². The molecule has 0 amide bonds. The molecule has 1 heterocycles. The Hall–Kier alpha value is -1.41. The molecule has 0 saturated heterocycles. The molecule has 0 aliphatic rings. The summed E-state index contributed by atoms with van der Waals surface area (Å²) in [6.45, 7) is 2.04. The van der Waals surface area contributed by atoms with E-state index in [-0.39, 0.29) is 10.7 Å². The molecule has 1 rings (SSSR count). The van der Waals surface area contributed by atoms with Gasteiger partial charge in [-0.2, -0.15) is 5.26 Å². The van der Waals surface area contributed by atoms with Gasteiger partial charge in [-0.05, 0) is 6.92 Å². The van der Waals surface area contributed by atoms with Crippen LogP contribution >= 0.6 is 11.3 Å². The van der Waals surface area contributed by atoms with Crippen molar-refractivity contribution in [1.82, 2.24) is 4.98 Å². The fourth-order valence-electron chi connectivity index (χ4n) is 0.624. The Bertz CT molecular complexity index is 326. The second kappa shape index (κ2) is 3.83. The highest BCUT2D eigenvalue weighted by atomic mass is 32.1. The minimum atomic E-state index is -0.477. The van der Waals surface area contributed by atoms with Crippen LogP contribution in [0.2, 0.25) is 0 Å². The number of hydrogen-bond acceptors (Lipinski definition) is 5. The van der Waals surface area contributed by atoms with Crippen molar-refractivity contribution in [2.24, 2.45) is 0 Å². The number of nitrogens with zero attached hydrogens (tertiary/aromatic N) is 2. The number of rotatable bonds is 2. The Labute approximate surface area is 73.4 Å². The van der Waals surface area contributed by atoms with E-state index >= 15 is 0 Å². The van der Waals surface area contributed by atoms with E-state index in [4.69, 9.17) is 5.26 Å². The summed E-state index contributed by atoms with van der Waals surface area (Å²) in [4.78, 5) is 14.7. The van der Waals surface area contributed by atoms with Gasteiger partial charge in [-0.15, -0.1) is 11.3 Å². The quantitative estimate of drug-likeness (QED) is 0.644. The number of carbonyl (C=O) groups excluding carboxylic acids is 1. The molecular formula is C7H6N2O2S. The molecule has 0 spiro atoms. The van der Waals surface area contributed by atoms with Gasteiger partial charge < -0.3 is 4.74 Å². The minimum Gasteiger partial charge on any atom is -0.461 e. The predicted molar refractivity (Wildman–Crippen MR) is 42.8 cm³/mol. The largest absolute Gasteiger partial charge is 0.461 e. The van der Waals surface area contributed by atoms with Gasteiger partial charge in [0.1, 0.15) is 6.07 Å². The van der Waals surface area contributed by atoms with E-state index in [0.717, 1.165) is 11.3 Å². The lowest BCUT2D eigenvalue weighted by Crippen LogP contribution is -2.04. The Morgan fingerprint density at radius 1 is 1.92 bits per heavy atom. The summed E-state index contributed by atoms with van der Waals surface area (Å²) in [6.07, 6.45) is 0. The maximum Gasteiger partial charge on any atom is 0.357 e. The van der Waals surface area contributed by atoms with Crippen LogP contribution in [0.4, 0.5) is 0 Å². The lowest BCUT2D eigenvalue weighted by atomic mass is 10.5. The molecule has 0 bridgehead atoms. The SMILES string of the molecule is CCOC(=O)c1csc(C#N)n1. The summed E-state index contributed by atoms with van der Waals surface area (Å²) < 4.78 is 4.68. The second-order valence-electron chi connectivity index (χ2n) is 1.87. The zero-order valence-electron chi connectivity index (χ0n) is 6.40. The molecule has 0 aliphatic carbocycles. The first-order chi connectivity index (χ1) is 5.77. The Morgan fingerprint density at radius 3 is 3.17 bits per heavy atom. The standard InChI is InChI=1S/C7H6N2O2S/c1-2-11-7(10)5-4-12-6(3-8)9-5/h4H,2H2,1H3. The molecular weight excluding hydrogens is 176 g/mol. The molecule has 1 aromatic rings. The van der Waals surface area contributed by atoms with Crippen molar-refractivity contribution in [2.75, 3.05) is 6.61 Å². The number of nitriles is 1. The summed E-state index contributed by atoms with van der Waals surface area (Å²) in [5.41, 5.74) is 0.207. The van der Waals surface area contributed by atoms with Crippen molar-refractivity contribution in [2.45, 2.75) is 6.92 Å². The van der Waals surface area contributed by atoms with Crippen LogP contribution < -0.4 is 0 Å². The fourth-order valence-corrected chi connectivity index (χ4v) is 1.20. The maximum atomic E-state index is 11.0. The lowest BCUT2D eigenvalue weighted by molar-refractivity contribution is 0.0520. The van der Waals surface area contributed by atoms with Gasteiger partial charge in [-0.25, -0.2) is 9.78 Å². The van der Waals surface area contributed by atoms with Gasteiger partial charge in [0.25, 0.3) is 0 Å². The normalized spacial score (nSPS) is 9.00. The highest BCUT2D eigenvalue weighted by molar-refractivity contribution is 7.10. The van der Waals surface area contributed by atoms with Gasteiger partial charge in [-0.1, -0.05) is 0 Å². The third kappa shape index (κ3) is 1.80. The van der Waals surface area contributed by atoms with Gasteiger partial charge in [0.05, 0.1) is 6.61 Å². The van der Waals surface area contributed by atoms with Crippen LogP contribution in [-0.2, 0) is 4.74 Å². The van der Waals surface area contributed by atoms with Gasteiger partial charge in [0, 0.05) is 5.38 Å². The van der Waals surface area contributed by atoms with Gasteiger partial charge in [-0.3, -0.25) is 0 Å². The molecule has 0 aromatic carbocycles. The Morgan fingerprint density at radius 2 is 2.67 bits per heavy atom. The van der Waals surface area contributed by atoms with Crippen molar-refractivity contribution in [3.63, 3.8) is 0 Å². The Kier molecular flexibility index (Phi) is 2.77. The van der Waals surface area contributed by atoms with Crippen LogP contribution in [0.5, 0.6) is 0 Å². The summed E-state index contributed by atoms with van der Waals surface area (Å²) in [5, 5.41) is 10.2. The number of hydrogen-bond donors (Lipinski definition) is 0. The average Bonchev–Trinajstić information content (AvgIpc) is 2.52. The minimum absolute atomic E-state index is 0.207. The first-order valence-corrected chi connectivity index (χ1v) is 4.18. The molecule has 62 valence electrons. The smallest absolute Gasteiger partial charge is 0.357 e. The van der Waals surface area contributed by atoms with Crippen LogP contribution in [0.25, 0.3) is 0 Å². The summed E-state index contributed by atoms with van der Waals surface area (Å²) in [7, 11) is 0. The number of thiazole rings is 1. The van der Waals surface area contributed by atoms with Crippen molar-refractivity contribution in [3.05, 3.63) is 16.1 Å². The molecule has 0 saturated carbocycles. The summed E-state index contributed by atoms with van der Waals surface area (Å²) >= 11 is 1.13. The molecule has 0 N–H and O–H groups in total. The zero-order chi connectivity index (χ0) is 8.97. The van der Waals surface area contributed by atoms with E-state index in [1.54, 1.807) is 6.92 Å². The number of aromatic nitrogens is 1. The highest BCUT2D eigenvalue weighted by Gasteiger charge is 2.10. The van der Waals surface area contributed by atoms with E-state index in [1.807, 2.05) is 6.07 Å². The Balaban J connectivity index is 2.76. The van der Waals surface area contributed by atoms with Crippen LogP contribution in [-0.4, -0.2) is 17.6 Å². The van der Waals surface area contributed by atoms with E-state index in [2.05, 4.69) is 9.72 Å². The molecule has 0 atom stereocenters. The highest BCUT2D eigenvalue weighted by Crippen LogP contribution is 2.08. The van der Waals surface area contributed by atoms with Gasteiger partial charge in [0.15, 0.2) is 10.7 Å². The van der Waals surface area contributed by atoms with Crippen molar-refractivity contribution in [1.29, 1.82) is 5.26 Å². The van der Waals surface area contributed by atoms with E-state index in [9.17, 15) is 4.79 Å². The summed E-state index contributed by atoms with van der Waals surface area (Å²) in [6, 6.07) is 1.84. The van der Waals surface area contributed by atoms with E-state index in [0.29, 0.717) is 6.61 Å². The number of carbonyl (C=O) groups is 1. The van der Waals surface area contributed by atoms with Crippen LogP contribution in [0.3, 0.4) is 0 Å². The number of esters is 1. The molecule has 1 aromatic heterocycles. The van der Waals surface area contributed by atoms with Crippen LogP contribution in [0.1, 0.15) is 22.4 Å². The van der Waals surface area contributed by atoms with Crippen molar-refractivity contribution in [3.8, 4) is 6.07 Å². The van der Waals surface area contributed by atoms with Crippen molar-refractivity contribution >= 4 is 17.3 Å². The maximum absolute atomic E-state index is 11.0.